The maximum absolute atomic E-state index is 13.3. The van der Waals surface area contributed by atoms with Gasteiger partial charge in [0.2, 0.25) is 0 Å². The molecule has 0 amide bonds. The summed E-state index contributed by atoms with van der Waals surface area (Å²) in [6, 6.07) is 7.97. The molecule has 0 spiro atoms. The van der Waals surface area contributed by atoms with Gasteiger partial charge in [-0.05, 0) is 31.9 Å². The monoisotopic (exact) mass is 341 g/mol. The van der Waals surface area contributed by atoms with Crippen LogP contribution >= 0.6 is 0 Å². The first kappa shape index (κ1) is 17.5. The number of rotatable bonds is 5. The number of ether oxygens (including phenoxy) is 2. The molecule has 0 saturated carbocycles. The highest BCUT2D eigenvalue weighted by molar-refractivity contribution is 6.22. The fraction of sp³-hybridized carbons (Fsp3) is 0.421. The summed E-state index contributed by atoms with van der Waals surface area (Å²) >= 11 is 0. The molecule has 1 aliphatic rings. The average molecular weight is 341 g/mol. The summed E-state index contributed by atoms with van der Waals surface area (Å²) in [5.41, 5.74) is 1.79. The van der Waals surface area contributed by atoms with Crippen molar-refractivity contribution in [3.05, 3.63) is 48.0 Å². The first-order chi connectivity index (χ1) is 12.0. The minimum absolute atomic E-state index is 0.0758. The average Bonchev–Trinajstić information content (AvgIpc) is 3.16. The van der Waals surface area contributed by atoms with Gasteiger partial charge in [-0.2, -0.15) is 5.10 Å². The van der Waals surface area contributed by atoms with Crippen molar-refractivity contribution >= 4 is 17.6 Å². The van der Waals surface area contributed by atoms with E-state index in [4.69, 9.17) is 9.47 Å². The van der Waals surface area contributed by atoms with Crippen LogP contribution in [0.25, 0.3) is 11.8 Å². The topological polar surface area (TPSA) is 66.2 Å². The van der Waals surface area contributed by atoms with Crippen molar-refractivity contribution in [1.29, 1.82) is 0 Å². The fourth-order valence-electron chi connectivity index (χ4n) is 2.71. The van der Waals surface area contributed by atoms with Crippen molar-refractivity contribution in [2.75, 3.05) is 13.2 Å². The lowest BCUT2D eigenvalue weighted by molar-refractivity contribution is -0.221. The Kier molecular flexibility index (Phi) is 5.11. The molecule has 0 bridgehead atoms. The van der Waals surface area contributed by atoms with Gasteiger partial charge in [-0.1, -0.05) is 36.8 Å². The Balaban J connectivity index is 1.92. The van der Waals surface area contributed by atoms with Crippen LogP contribution in [0.3, 0.4) is 0 Å². The number of aromatic nitrogens is 3. The number of carbonyl (C=O) groups excluding carboxylic acids is 1. The minimum Gasteiger partial charge on any atom is -0.352 e. The molecule has 0 atom stereocenters. The summed E-state index contributed by atoms with van der Waals surface area (Å²) in [4.78, 5) is 17.2. The molecule has 1 fully saturated rings. The molecule has 1 aliphatic heterocycles. The van der Waals surface area contributed by atoms with Crippen LogP contribution in [-0.2, 0) is 14.3 Å². The van der Waals surface area contributed by atoms with Gasteiger partial charge in [0, 0.05) is 0 Å². The second kappa shape index (κ2) is 7.29. The molecular weight excluding hydrogens is 318 g/mol. The highest BCUT2D eigenvalue weighted by Crippen LogP contribution is 2.31. The number of ketones is 1. The summed E-state index contributed by atoms with van der Waals surface area (Å²) in [6.45, 7) is 6.53. The summed E-state index contributed by atoms with van der Waals surface area (Å²) < 4.78 is 12.9. The van der Waals surface area contributed by atoms with Gasteiger partial charge >= 0.3 is 0 Å². The number of carbonyl (C=O) groups is 1. The molecule has 1 saturated heterocycles. The molecule has 6 heteroatoms. The molecule has 2 heterocycles. The predicted molar refractivity (Wildman–Crippen MR) is 94.5 cm³/mol. The number of aryl methyl sites for hydroxylation is 1. The van der Waals surface area contributed by atoms with E-state index in [0.717, 1.165) is 17.5 Å². The molecular formula is C19H23N3O3. The molecule has 1 aromatic carbocycles. The van der Waals surface area contributed by atoms with E-state index in [1.165, 1.54) is 17.3 Å². The van der Waals surface area contributed by atoms with Gasteiger partial charge in [0.05, 0.1) is 18.6 Å². The zero-order valence-electron chi connectivity index (χ0n) is 14.8. The van der Waals surface area contributed by atoms with E-state index >= 15 is 0 Å². The third kappa shape index (κ3) is 3.86. The molecule has 3 rings (SSSR count). The third-order valence-corrected chi connectivity index (χ3v) is 4.34. The maximum Gasteiger partial charge on any atom is 0.191 e. The van der Waals surface area contributed by atoms with E-state index in [2.05, 4.69) is 10.1 Å². The van der Waals surface area contributed by atoms with E-state index in [-0.39, 0.29) is 12.1 Å². The first-order valence-electron chi connectivity index (χ1n) is 8.43. The smallest absolute Gasteiger partial charge is 0.191 e. The number of allylic oxidation sites excluding steroid dienone is 1. The van der Waals surface area contributed by atoms with Gasteiger partial charge in [-0.15, -0.1) is 0 Å². The van der Waals surface area contributed by atoms with E-state index in [0.29, 0.717) is 18.9 Å². The number of benzene rings is 1. The van der Waals surface area contributed by atoms with Gasteiger partial charge < -0.3 is 9.47 Å². The van der Waals surface area contributed by atoms with Crippen LogP contribution in [0.1, 0.15) is 31.4 Å². The normalized spacial score (nSPS) is 24.3. The molecule has 132 valence electrons. The van der Waals surface area contributed by atoms with E-state index in [1.54, 1.807) is 0 Å². The van der Waals surface area contributed by atoms with Gasteiger partial charge in [0.15, 0.2) is 12.1 Å². The second-order valence-corrected chi connectivity index (χ2v) is 6.63. The van der Waals surface area contributed by atoms with Crippen molar-refractivity contribution in [2.45, 2.75) is 33.5 Å². The lowest BCUT2D eigenvalue weighted by Crippen LogP contribution is -2.45. The summed E-state index contributed by atoms with van der Waals surface area (Å²) in [7, 11) is 0. The molecule has 6 nitrogen and oxygen atoms in total. The van der Waals surface area contributed by atoms with E-state index < -0.39 is 5.41 Å². The Bertz CT molecular complexity index is 743. The predicted octanol–water partition coefficient (Wildman–Crippen LogP) is 2.94. The van der Waals surface area contributed by atoms with E-state index in [9.17, 15) is 4.79 Å². The second-order valence-electron chi connectivity index (χ2n) is 6.63. The van der Waals surface area contributed by atoms with Crippen molar-refractivity contribution < 1.29 is 14.3 Å². The van der Waals surface area contributed by atoms with Crippen molar-refractivity contribution in [1.82, 2.24) is 14.8 Å². The van der Waals surface area contributed by atoms with Crippen LogP contribution in [-0.4, -0.2) is 40.1 Å². The first-order valence-corrected chi connectivity index (χ1v) is 8.43. The fourth-order valence-corrected chi connectivity index (χ4v) is 2.71. The molecule has 1 aromatic heterocycles. The van der Waals surface area contributed by atoms with Crippen molar-refractivity contribution in [3.8, 4) is 0 Å². The van der Waals surface area contributed by atoms with Gasteiger partial charge in [0.1, 0.15) is 18.4 Å². The third-order valence-electron chi connectivity index (χ3n) is 4.34. The van der Waals surface area contributed by atoms with Crippen molar-refractivity contribution in [3.63, 3.8) is 0 Å². The van der Waals surface area contributed by atoms with Crippen LogP contribution in [0.4, 0.5) is 0 Å². The van der Waals surface area contributed by atoms with Gasteiger partial charge in [-0.3, -0.25) is 4.79 Å². The van der Waals surface area contributed by atoms with Crippen LogP contribution in [0.5, 0.6) is 0 Å². The quantitative estimate of drug-likeness (QED) is 0.782. The number of nitrogens with zero attached hydrogens (tertiary/aromatic N) is 3. The summed E-state index contributed by atoms with van der Waals surface area (Å²) in [6.07, 6.45) is 5.30. The van der Waals surface area contributed by atoms with Crippen LogP contribution in [0, 0.1) is 12.3 Å². The lowest BCUT2D eigenvalue weighted by atomic mass is 9.84. The van der Waals surface area contributed by atoms with Crippen LogP contribution < -0.4 is 0 Å². The van der Waals surface area contributed by atoms with Crippen molar-refractivity contribution in [2.24, 2.45) is 5.41 Å². The Morgan fingerprint density at radius 1 is 1.32 bits per heavy atom. The standard InChI is InChI=1S/C19H23N3O3/c1-4-17-24-10-19(3,11-25-17)18(23)16(22-13-20-12-21-22)9-15-7-5-14(2)6-8-15/h5-9,12-13,17H,4,10-11H2,1-3H3. The Morgan fingerprint density at radius 2 is 2.00 bits per heavy atom. The molecule has 0 unspecified atom stereocenters. The molecule has 2 aromatic rings. The number of Topliss-reactive ketones (excluding diaryl/α,β-unsaturated/α-hetero) is 1. The van der Waals surface area contributed by atoms with Gasteiger partial charge in [0.25, 0.3) is 0 Å². The Morgan fingerprint density at radius 3 is 2.56 bits per heavy atom. The molecule has 0 aliphatic carbocycles. The molecule has 0 radical (unpaired) electrons. The summed E-state index contributed by atoms with van der Waals surface area (Å²) in [5.74, 6) is -0.0758. The Labute approximate surface area is 147 Å². The van der Waals surface area contributed by atoms with Crippen LogP contribution in [0.2, 0.25) is 0 Å². The highest BCUT2D eigenvalue weighted by atomic mass is 16.7. The zero-order valence-corrected chi connectivity index (χ0v) is 14.8. The van der Waals surface area contributed by atoms with Gasteiger partial charge in [-0.25, -0.2) is 9.67 Å². The van der Waals surface area contributed by atoms with Crippen LogP contribution in [0.15, 0.2) is 36.9 Å². The lowest BCUT2D eigenvalue weighted by Gasteiger charge is -2.36. The SMILES string of the molecule is CCC1OCC(C)(C(=O)C(=Cc2ccc(C)cc2)n2cncn2)CO1. The largest absolute Gasteiger partial charge is 0.352 e. The maximum atomic E-state index is 13.3. The summed E-state index contributed by atoms with van der Waals surface area (Å²) in [5, 5.41) is 4.14. The number of hydrogen-bond donors (Lipinski definition) is 0. The minimum atomic E-state index is -0.756. The molecule has 25 heavy (non-hydrogen) atoms. The zero-order chi connectivity index (χ0) is 17.9. The number of hydrogen-bond acceptors (Lipinski definition) is 5. The highest BCUT2D eigenvalue weighted by Gasteiger charge is 2.41. The van der Waals surface area contributed by atoms with E-state index in [1.807, 2.05) is 51.1 Å². The molecule has 0 N–H and O–H groups in total. The Hall–Kier alpha value is -2.31.